The number of halogens is 4. The van der Waals surface area contributed by atoms with Crippen LogP contribution in [0.2, 0.25) is 5.02 Å². The van der Waals surface area contributed by atoms with Crippen molar-refractivity contribution in [2.45, 2.75) is 25.7 Å². The van der Waals surface area contributed by atoms with Gasteiger partial charge in [-0.3, -0.25) is 14.5 Å². The monoisotopic (exact) mass is 536 g/mol. The highest BCUT2D eigenvalue weighted by Crippen LogP contribution is 2.30. The van der Waals surface area contributed by atoms with Gasteiger partial charge in [0.25, 0.3) is 0 Å². The molecule has 2 aromatic heterocycles. The molecule has 0 aliphatic carbocycles. The van der Waals surface area contributed by atoms with Crippen LogP contribution in [0.4, 0.5) is 18.9 Å². The largest absolute Gasteiger partial charge is 0.573 e. The molecule has 37 heavy (non-hydrogen) atoms. The summed E-state index contributed by atoms with van der Waals surface area (Å²) in [5, 5.41) is 24.6. The molecule has 0 unspecified atom stereocenters. The van der Waals surface area contributed by atoms with E-state index in [4.69, 9.17) is 11.6 Å². The first kappa shape index (κ1) is 26.4. The van der Waals surface area contributed by atoms with Crippen molar-refractivity contribution in [2.75, 3.05) is 25.0 Å². The van der Waals surface area contributed by atoms with Crippen LogP contribution in [0.3, 0.4) is 0 Å². The normalized spacial score (nSPS) is 11.7. The van der Waals surface area contributed by atoms with E-state index in [1.165, 1.54) is 18.2 Å². The van der Waals surface area contributed by atoms with E-state index in [9.17, 15) is 18.0 Å². The smallest absolute Gasteiger partial charge is 0.404 e. The summed E-state index contributed by atoms with van der Waals surface area (Å²) in [5.74, 6) is -0.563. The van der Waals surface area contributed by atoms with Gasteiger partial charge in [-0.05, 0) is 49.3 Å². The van der Waals surface area contributed by atoms with Crippen molar-refractivity contribution in [3.05, 3.63) is 59.8 Å². The number of fused-ring (bicyclic) bond motifs is 1. The third-order valence-electron chi connectivity index (χ3n) is 5.32. The fraction of sp³-hybridized carbons (Fsp3) is 0.304. The van der Waals surface area contributed by atoms with Crippen molar-refractivity contribution in [1.29, 1.82) is 0 Å². The fourth-order valence-corrected chi connectivity index (χ4v) is 3.84. The van der Waals surface area contributed by atoms with Crippen molar-refractivity contribution in [1.82, 2.24) is 35.6 Å². The number of aromatic nitrogens is 5. The van der Waals surface area contributed by atoms with Gasteiger partial charge >= 0.3 is 6.36 Å². The number of nitrogens with one attached hydrogen (secondary N) is 4. The molecule has 4 rings (SSSR count). The highest BCUT2D eigenvalue weighted by Gasteiger charge is 2.32. The van der Waals surface area contributed by atoms with E-state index < -0.39 is 12.1 Å². The first-order valence-corrected chi connectivity index (χ1v) is 11.7. The summed E-state index contributed by atoms with van der Waals surface area (Å²) in [6.07, 6.45) is 1.09. The number of rotatable bonds is 12. The lowest BCUT2D eigenvalue weighted by molar-refractivity contribution is -0.274. The van der Waals surface area contributed by atoms with Crippen LogP contribution in [-0.4, -0.2) is 56.9 Å². The Hall–Kier alpha value is -3.68. The first-order chi connectivity index (χ1) is 17.8. The Morgan fingerprint density at radius 1 is 1.08 bits per heavy atom. The van der Waals surface area contributed by atoms with Crippen LogP contribution in [0.5, 0.6) is 5.75 Å². The Morgan fingerprint density at radius 3 is 2.62 bits per heavy atom. The number of hydrogen-bond acceptors (Lipinski definition) is 7. The van der Waals surface area contributed by atoms with E-state index in [1.807, 2.05) is 12.1 Å². The molecule has 0 atom stereocenters. The molecule has 0 bridgehead atoms. The standard InChI is InChI=1S/C23H24ClF3N8O2/c24-18-8-15(2-3-21(18)37-23(25,26)27)11-29-6-1-5-28-7-4-22(36)33-19-9-16(35-13-31-32-14-35)10-20-17(19)12-30-34-20/h2-3,8-10,12-14,28-29H,1,4-7,11H2,(H,30,34)(H,33,36). The van der Waals surface area contributed by atoms with Gasteiger partial charge in [-0.25, -0.2) is 0 Å². The maximum absolute atomic E-state index is 12.5. The zero-order chi connectivity index (χ0) is 26.3. The summed E-state index contributed by atoms with van der Waals surface area (Å²) < 4.78 is 42.5. The van der Waals surface area contributed by atoms with Crippen LogP contribution >= 0.6 is 11.6 Å². The predicted molar refractivity (Wildman–Crippen MR) is 132 cm³/mol. The lowest BCUT2D eigenvalue weighted by atomic mass is 10.2. The number of carbonyl (C=O) groups excluding carboxylic acids is 1. The fourth-order valence-electron chi connectivity index (χ4n) is 3.59. The number of nitrogens with zero attached hydrogens (tertiary/aromatic N) is 4. The number of H-pyrrole nitrogens is 1. The Bertz CT molecular complexity index is 1330. The SMILES string of the molecule is O=C(CCNCCCNCc1ccc(OC(F)(F)F)c(Cl)c1)Nc1cc(-n2cnnc2)cc2[nH]ncc12. The summed E-state index contributed by atoms with van der Waals surface area (Å²) in [5.41, 5.74) is 2.95. The molecular formula is C23H24ClF3N8O2. The number of carbonyl (C=O) groups is 1. The number of benzene rings is 2. The molecule has 4 N–H and O–H groups in total. The number of ether oxygens (including phenoxy) is 1. The maximum Gasteiger partial charge on any atom is 0.573 e. The molecule has 0 saturated heterocycles. The van der Waals surface area contributed by atoms with Gasteiger partial charge < -0.3 is 20.7 Å². The van der Waals surface area contributed by atoms with Crippen LogP contribution in [0, 0.1) is 0 Å². The minimum absolute atomic E-state index is 0.101. The number of anilines is 1. The summed E-state index contributed by atoms with van der Waals surface area (Å²) >= 11 is 5.86. The Labute approximate surface area is 214 Å². The van der Waals surface area contributed by atoms with Gasteiger partial charge in [0.1, 0.15) is 18.4 Å². The third kappa shape index (κ3) is 7.65. The highest BCUT2D eigenvalue weighted by molar-refractivity contribution is 6.32. The van der Waals surface area contributed by atoms with Crippen LogP contribution in [-0.2, 0) is 11.3 Å². The van der Waals surface area contributed by atoms with Gasteiger partial charge in [-0.15, -0.1) is 23.4 Å². The molecule has 0 fully saturated rings. The van der Waals surface area contributed by atoms with Crippen molar-refractivity contribution in [3.63, 3.8) is 0 Å². The number of amides is 1. The molecule has 0 saturated carbocycles. The predicted octanol–water partition coefficient (Wildman–Crippen LogP) is 3.79. The maximum atomic E-state index is 12.5. The van der Waals surface area contributed by atoms with Crippen LogP contribution in [0.1, 0.15) is 18.4 Å². The average molecular weight is 537 g/mol. The van der Waals surface area contributed by atoms with E-state index in [0.717, 1.165) is 28.6 Å². The van der Waals surface area contributed by atoms with E-state index in [0.29, 0.717) is 31.9 Å². The second kappa shape index (κ2) is 12.0. The van der Waals surface area contributed by atoms with Crippen LogP contribution < -0.4 is 20.7 Å². The van der Waals surface area contributed by atoms with Gasteiger partial charge in [-0.1, -0.05) is 17.7 Å². The van der Waals surface area contributed by atoms with E-state index in [-0.39, 0.29) is 17.4 Å². The van der Waals surface area contributed by atoms with Crippen molar-refractivity contribution in [3.8, 4) is 11.4 Å². The van der Waals surface area contributed by atoms with Crippen LogP contribution in [0.25, 0.3) is 16.6 Å². The topological polar surface area (TPSA) is 122 Å². The molecule has 0 aliphatic rings. The summed E-state index contributed by atoms with van der Waals surface area (Å²) in [6, 6.07) is 7.88. The molecule has 196 valence electrons. The second-order valence-electron chi connectivity index (χ2n) is 8.08. The lowest BCUT2D eigenvalue weighted by Gasteiger charge is -2.12. The van der Waals surface area contributed by atoms with E-state index in [1.54, 1.807) is 23.4 Å². The highest BCUT2D eigenvalue weighted by atomic mass is 35.5. The number of aromatic amines is 1. The molecule has 4 aromatic rings. The average Bonchev–Trinajstić information content (AvgIpc) is 3.54. The Balaban J connectivity index is 1.14. The molecule has 0 spiro atoms. The Kier molecular flexibility index (Phi) is 8.58. The van der Waals surface area contributed by atoms with Crippen molar-refractivity contribution < 1.29 is 22.7 Å². The van der Waals surface area contributed by atoms with Gasteiger partial charge in [0, 0.05) is 24.9 Å². The summed E-state index contributed by atoms with van der Waals surface area (Å²) in [7, 11) is 0. The lowest BCUT2D eigenvalue weighted by Crippen LogP contribution is -2.25. The Morgan fingerprint density at radius 2 is 1.86 bits per heavy atom. The van der Waals surface area contributed by atoms with Crippen LogP contribution in [0.15, 0.2) is 49.2 Å². The van der Waals surface area contributed by atoms with E-state index >= 15 is 0 Å². The van der Waals surface area contributed by atoms with Gasteiger partial charge in [0.05, 0.1) is 28.1 Å². The van der Waals surface area contributed by atoms with Gasteiger partial charge in [0.2, 0.25) is 5.91 Å². The minimum Gasteiger partial charge on any atom is -0.404 e. The minimum atomic E-state index is -4.78. The molecule has 10 nitrogen and oxygen atoms in total. The van der Waals surface area contributed by atoms with Crippen molar-refractivity contribution in [2.24, 2.45) is 0 Å². The zero-order valence-electron chi connectivity index (χ0n) is 19.5. The van der Waals surface area contributed by atoms with Gasteiger partial charge in [-0.2, -0.15) is 5.10 Å². The molecule has 1 amide bonds. The summed E-state index contributed by atoms with van der Waals surface area (Å²) in [6.45, 7) is 2.31. The molecule has 2 aromatic carbocycles. The molecule has 2 heterocycles. The molecule has 14 heteroatoms. The second-order valence-corrected chi connectivity index (χ2v) is 8.49. The number of alkyl halides is 3. The molecule has 0 radical (unpaired) electrons. The van der Waals surface area contributed by atoms with Gasteiger partial charge in [0.15, 0.2) is 0 Å². The first-order valence-electron chi connectivity index (χ1n) is 11.4. The zero-order valence-corrected chi connectivity index (χ0v) is 20.2. The molecular weight excluding hydrogens is 513 g/mol. The quantitative estimate of drug-likeness (QED) is 0.203. The summed E-state index contributed by atoms with van der Waals surface area (Å²) in [4.78, 5) is 12.5. The van der Waals surface area contributed by atoms with E-state index in [2.05, 4.69) is 41.1 Å². The van der Waals surface area contributed by atoms with Crippen molar-refractivity contribution >= 4 is 34.1 Å². The molecule has 0 aliphatic heterocycles. The third-order valence-corrected chi connectivity index (χ3v) is 5.62. The number of hydrogen-bond donors (Lipinski definition) is 4.